The number of hydrogen-bond donors (Lipinski definition) is 2. The highest BCUT2D eigenvalue weighted by Crippen LogP contribution is 2.25. The Labute approximate surface area is 260 Å². The normalized spacial score (nSPS) is 11.9. The van der Waals surface area contributed by atoms with Crippen molar-refractivity contribution in [2.45, 2.75) is 43.7 Å². The summed E-state index contributed by atoms with van der Waals surface area (Å²) >= 11 is 0. The molecule has 44 heavy (non-hydrogen) atoms. The van der Waals surface area contributed by atoms with Crippen molar-refractivity contribution in [1.82, 2.24) is 14.9 Å². The molecular weight excluding hydrogens is 574 g/mol. The molecule has 0 aromatic heterocycles. The summed E-state index contributed by atoms with van der Waals surface area (Å²) < 4.78 is 32.3. The number of hydrogen-bond acceptors (Lipinski definition) is 5. The summed E-state index contributed by atoms with van der Waals surface area (Å²) in [5.41, 5.74) is 3.51. The van der Waals surface area contributed by atoms with Gasteiger partial charge in [-0.05, 0) is 59.4 Å². The van der Waals surface area contributed by atoms with Gasteiger partial charge in [0.05, 0.1) is 12.0 Å². The number of rotatable bonds is 15. The number of ether oxygens (including phenoxy) is 1. The number of amides is 2. The standard InChI is InChI=1S/C35H39N3O5S/c1-3-37-44(41,42)32-21-16-27(17-22-32)18-23-33(39)38(26-29-10-6-4-7-11-29)34(30-12-8-5-9-13-30)35(40)36-25-24-28-14-19-31(43-2)20-15-28/h4-17,19-22,34,37H,3,18,23-26H2,1-2H3,(H,36,40)/t34-/m1/s1. The fraction of sp³-hybridized carbons (Fsp3) is 0.257. The summed E-state index contributed by atoms with van der Waals surface area (Å²) in [5, 5.41) is 3.06. The Balaban J connectivity index is 1.54. The minimum atomic E-state index is -3.56. The van der Waals surface area contributed by atoms with Crippen LogP contribution in [-0.2, 0) is 39.0 Å². The molecule has 0 saturated carbocycles. The molecule has 0 radical (unpaired) electrons. The number of methoxy groups -OCH3 is 1. The quantitative estimate of drug-likeness (QED) is 0.195. The lowest BCUT2D eigenvalue weighted by Crippen LogP contribution is -2.44. The molecular formula is C35H39N3O5S. The van der Waals surface area contributed by atoms with Crippen LogP contribution in [-0.4, -0.2) is 45.3 Å². The topological polar surface area (TPSA) is 105 Å². The highest BCUT2D eigenvalue weighted by atomic mass is 32.2. The smallest absolute Gasteiger partial charge is 0.247 e. The second-order valence-electron chi connectivity index (χ2n) is 10.4. The minimum absolute atomic E-state index is 0.147. The zero-order valence-electron chi connectivity index (χ0n) is 25.1. The zero-order valence-corrected chi connectivity index (χ0v) is 25.9. The Kier molecular flexibility index (Phi) is 11.7. The molecule has 2 N–H and O–H groups in total. The van der Waals surface area contributed by atoms with Crippen LogP contribution in [0, 0.1) is 0 Å². The van der Waals surface area contributed by atoms with Crippen molar-refractivity contribution in [1.29, 1.82) is 0 Å². The molecule has 2 amide bonds. The molecule has 0 aliphatic rings. The van der Waals surface area contributed by atoms with Crippen LogP contribution in [0.5, 0.6) is 5.75 Å². The molecule has 0 unspecified atom stereocenters. The van der Waals surface area contributed by atoms with E-state index in [2.05, 4.69) is 10.0 Å². The Morgan fingerprint density at radius 1 is 0.773 bits per heavy atom. The number of benzene rings is 4. The van der Waals surface area contributed by atoms with Gasteiger partial charge < -0.3 is 15.0 Å². The van der Waals surface area contributed by atoms with Crippen LogP contribution in [0.4, 0.5) is 0 Å². The maximum atomic E-state index is 13.9. The molecule has 8 nitrogen and oxygen atoms in total. The van der Waals surface area contributed by atoms with E-state index >= 15 is 0 Å². The average molecular weight is 614 g/mol. The molecule has 1 atom stereocenters. The van der Waals surface area contributed by atoms with Crippen molar-refractivity contribution in [3.63, 3.8) is 0 Å². The molecule has 0 bridgehead atoms. The summed E-state index contributed by atoms with van der Waals surface area (Å²) in [6.45, 7) is 2.69. The van der Waals surface area contributed by atoms with Crippen LogP contribution in [0.3, 0.4) is 0 Å². The summed E-state index contributed by atoms with van der Waals surface area (Å²) in [4.78, 5) is 29.6. The van der Waals surface area contributed by atoms with Gasteiger partial charge in [-0.1, -0.05) is 91.9 Å². The van der Waals surface area contributed by atoms with Gasteiger partial charge in [-0.25, -0.2) is 13.1 Å². The first-order valence-electron chi connectivity index (χ1n) is 14.7. The lowest BCUT2D eigenvalue weighted by molar-refractivity contribution is -0.141. The van der Waals surface area contributed by atoms with Crippen LogP contribution in [0.25, 0.3) is 0 Å². The van der Waals surface area contributed by atoms with Gasteiger partial charge in [0.1, 0.15) is 11.8 Å². The molecule has 0 heterocycles. The lowest BCUT2D eigenvalue weighted by atomic mass is 10.0. The third-order valence-corrected chi connectivity index (χ3v) is 8.82. The van der Waals surface area contributed by atoms with E-state index in [1.165, 1.54) is 0 Å². The number of aryl methyl sites for hydroxylation is 1. The van der Waals surface area contributed by atoms with E-state index in [1.807, 2.05) is 84.9 Å². The van der Waals surface area contributed by atoms with Gasteiger partial charge in [-0.2, -0.15) is 0 Å². The van der Waals surface area contributed by atoms with Crippen LogP contribution in [0.1, 0.15) is 41.6 Å². The van der Waals surface area contributed by atoms with E-state index in [9.17, 15) is 18.0 Å². The molecule has 4 rings (SSSR count). The van der Waals surface area contributed by atoms with Gasteiger partial charge >= 0.3 is 0 Å². The largest absolute Gasteiger partial charge is 0.497 e. The second kappa shape index (κ2) is 15.8. The van der Waals surface area contributed by atoms with Crippen molar-refractivity contribution in [3.8, 4) is 5.75 Å². The number of carbonyl (C=O) groups is 2. The van der Waals surface area contributed by atoms with E-state index in [4.69, 9.17) is 4.74 Å². The molecule has 0 saturated heterocycles. The first-order chi connectivity index (χ1) is 21.3. The highest BCUT2D eigenvalue weighted by Gasteiger charge is 2.31. The predicted octanol–water partition coefficient (Wildman–Crippen LogP) is 5.06. The summed E-state index contributed by atoms with van der Waals surface area (Å²) in [5.74, 6) is 0.329. The monoisotopic (exact) mass is 613 g/mol. The van der Waals surface area contributed by atoms with Gasteiger partial charge in [0.25, 0.3) is 0 Å². The van der Waals surface area contributed by atoms with Gasteiger partial charge in [0.15, 0.2) is 0 Å². The van der Waals surface area contributed by atoms with E-state index in [-0.39, 0.29) is 29.7 Å². The first-order valence-corrected chi connectivity index (χ1v) is 16.2. The van der Waals surface area contributed by atoms with Crippen LogP contribution in [0.15, 0.2) is 114 Å². The summed E-state index contributed by atoms with van der Waals surface area (Å²) in [6.07, 6.45) is 1.17. The van der Waals surface area contributed by atoms with E-state index < -0.39 is 16.1 Å². The van der Waals surface area contributed by atoms with Crippen LogP contribution in [0.2, 0.25) is 0 Å². The Hall–Kier alpha value is -4.47. The molecule has 0 aliphatic carbocycles. The summed E-state index contributed by atoms with van der Waals surface area (Å²) in [6, 6.07) is 32.3. The molecule has 4 aromatic carbocycles. The molecule has 230 valence electrons. The van der Waals surface area contributed by atoms with Crippen molar-refractivity contribution in [2.75, 3.05) is 20.2 Å². The van der Waals surface area contributed by atoms with E-state index in [1.54, 1.807) is 43.2 Å². The minimum Gasteiger partial charge on any atom is -0.497 e. The molecule has 9 heteroatoms. The Bertz CT molecular complexity index is 1590. The van der Waals surface area contributed by atoms with Crippen LogP contribution < -0.4 is 14.8 Å². The Morgan fingerprint density at radius 3 is 1.98 bits per heavy atom. The molecule has 0 fully saturated rings. The fourth-order valence-corrected chi connectivity index (χ4v) is 5.98. The third kappa shape index (κ3) is 9.02. The van der Waals surface area contributed by atoms with Crippen molar-refractivity contribution in [3.05, 3.63) is 131 Å². The predicted molar refractivity (Wildman–Crippen MR) is 172 cm³/mol. The lowest BCUT2D eigenvalue weighted by Gasteiger charge is -2.32. The average Bonchev–Trinajstić information content (AvgIpc) is 3.05. The maximum absolute atomic E-state index is 13.9. The number of carbonyl (C=O) groups excluding carboxylic acids is 2. The van der Waals surface area contributed by atoms with E-state index in [0.29, 0.717) is 25.9 Å². The number of nitrogens with zero attached hydrogens (tertiary/aromatic N) is 1. The van der Waals surface area contributed by atoms with Crippen molar-refractivity contribution in [2.24, 2.45) is 0 Å². The number of nitrogens with one attached hydrogen (secondary N) is 2. The van der Waals surface area contributed by atoms with Gasteiger partial charge in [0, 0.05) is 26.1 Å². The third-order valence-electron chi connectivity index (χ3n) is 7.26. The van der Waals surface area contributed by atoms with E-state index in [0.717, 1.165) is 28.0 Å². The van der Waals surface area contributed by atoms with Crippen molar-refractivity contribution >= 4 is 21.8 Å². The van der Waals surface area contributed by atoms with Gasteiger partial charge in [0.2, 0.25) is 21.8 Å². The first kappa shape index (κ1) is 32.4. The molecule has 4 aromatic rings. The number of sulfonamides is 1. The molecule has 0 spiro atoms. The maximum Gasteiger partial charge on any atom is 0.247 e. The fourth-order valence-electron chi connectivity index (χ4n) is 4.93. The summed E-state index contributed by atoms with van der Waals surface area (Å²) in [7, 11) is -1.94. The second-order valence-corrected chi connectivity index (χ2v) is 12.1. The van der Waals surface area contributed by atoms with Crippen molar-refractivity contribution < 1.29 is 22.7 Å². The highest BCUT2D eigenvalue weighted by molar-refractivity contribution is 7.89. The van der Waals surface area contributed by atoms with Gasteiger partial charge in [-0.3, -0.25) is 9.59 Å². The van der Waals surface area contributed by atoms with Crippen LogP contribution >= 0.6 is 0 Å². The molecule has 0 aliphatic heterocycles. The zero-order chi connectivity index (χ0) is 31.4. The Morgan fingerprint density at radius 2 is 1.36 bits per heavy atom. The van der Waals surface area contributed by atoms with Gasteiger partial charge in [-0.15, -0.1) is 0 Å². The SMILES string of the molecule is CCNS(=O)(=O)c1ccc(CCC(=O)N(Cc2ccccc2)[C@@H](C(=O)NCCc2ccc(OC)cc2)c2ccccc2)cc1.